The monoisotopic (exact) mass is 346 g/mol. The number of halogens is 2. The van der Waals surface area contributed by atoms with Crippen LogP contribution in [0.5, 0.6) is 0 Å². The molecule has 9 heavy (non-hydrogen) atoms. The third-order valence-corrected chi connectivity index (χ3v) is 0. The maximum Gasteiger partial charge on any atom is 2.00 e. The average Bonchev–Trinajstić information content (AvgIpc) is 0.811. The smallest absolute Gasteiger partial charge is 1.00 e. The van der Waals surface area contributed by atoms with Crippen LogP contribution in [-0.4, -0.2) is 55.0 Å². The number of carbonyl (C=O) groups is 1. The van der Waals surface area contributed by atoms with Gasteiger partial charge in [0, 0.05) is 0 Å². The summed E-state index contributed by atoms with van der Waals surface area (Å²) in [6, 6.07) is 0. The minimum absolute atomic E-state index is 0. The fourth-order valence-electron chi connectivity index (χ4n) is 0. The van der Waals surface area contributed by atoms with E-state index in [1.54, 1.807) is 0 Å². The molecule has 0 atom stereocenters. The number of rotatable bonds is 0. The molecule has 0 amide bonds. The van der Waals surface area contributed by atoms with Crippen LogP contribution in [0.15, 0.2) is 0 Å². The predicted octanol–water partition coefficient (Wildman–Crippen LogP) is -14.8. The van der Waals surface area contributed by atoms with E-state index < -0.39 is 6.16 Å². The minimum atomic E-state index is -2.33. The molecule has 0 unspecified atom stereocenters. The SMILES string of the molecule is O=C([O-])[O-].[Ba+2].[Cl-].[Cl-].[K+].[K+]. The predicted molar refractivity (Wildman–Crippen MR) is 11.1 cm³/mol. The van der Waals surface area contributed by atoms with E-state index in [-0.39, 0.29) is 176 Å². The van der Waals surface area contributed by atoms with Gasteiger partial charge < -0.3 is 39.8 Å². The van der Waals surface area contributed by atoms with Crippen molar-refractivity contribution in [3.8, 4) is 0 Å². The van der Waals surface area contributed by atoms with Crippen molar-refractivity contribution in [3.05, 3.63) is 0 Å². The van der Waals surface area contributed by atoms with Crippen molar-refractivity contribution >= 4 is 55.0 Å². The van der Waals surface area contributed by atoms with Crippen LogP contribution >= 0.6 is 0 Å². The Morgan fingerprint density at radius 2 is 1.00 bits per heavy atom. The molecule has 0 saturated heterocycles. The Bertz CT molecular complexity index is 42.8. The first kappa shape index (κ1) is 37.3. The summed E-state index contributed by atoms with van der Waals surface area (Å²) in [5.41, 5.74) is 0. The van der Waals surface area contributed by atoms with Gasteiger partial charge in [0.1, 0.15) is 0 Å². The Labute approximate surface area is 191 Å². The van der Waals surface area contributed by atoms with Crippen LogP contribution in [0.2, 0.25) is 0 Å². The van der Waals surface area contributed by atoms with Gasteiger partial charge in [-0.3, -0.25) is 0 Å². The summed E-state index contributed by atoms with van der Waals surface area (Å²) < 4.78 is 0. The van der Waals surface area contributed by atoms with Crippen molar-refractivity contribution < 1.29 is 143 Å². The number of hydrogen-bond acceptors (Lipinski definition) is 3. The van der Waals surface area contributed by atoms with E-state index in [4.69, 9.17) is 15.0 Å². The summed E-state index contributed by atoms with van der Waals surface area (Å²) in [4.78, 5) is 8.33. The van der Waals surface area contributed by atoms with E-state index in [0.29, 0.717) is 0 Å². The zero-order chi connectivity index (χ0) is 3.58. The van der Waals surface area contributed by atoms with E-state index in [0.717, 1.165) is 0 Å². The maximum absolute atomic E-state index is 8.33. The van der Waals surface area contributed by atoms with Crippen molar-refractivity contribution in [2.24, 2.45) is 0 Å². The zero-order valence-corrected chi connectivity index (χ0v) is 17.4. The van der Waals surface area contributed by atoms with Crippen LogP contribution in [0.25, 0.3) is 0 Å². The standard InChI is InChI=1S/CH2O3.Ba.2ClH.2K/c2-1(3)4;;;;;/h(H2,2,3,4);;2*1H;;/q;+2;;;2*+1/p-4. The van der Waals surface area contributed by atoms with Gasteiger partial charge in [-0.2, -0.15) is 0 Å². The summed E-state index contributed by atoms with van der Waals surface area (Å²) in [5, 5.41) is 16.7. The Morgan fingerprint density at radius 3 is 1.00 bits per heavy atom. The summed E-state index contributed by atoms with van der Waals surface area (Å²) in [7, 11) is 0. The molecule has 40 valence electrons. The van der Waals surface area contributed by atoms with Gasteiger partial charge in [-0.05, 0) is 6.16 Å². The number of carbonyl (C=O) groups excluding carboxylic acids is 1. The molecule has 3 nitrogen and oxygen atoms in total. The molecule has 0 aliphatic rings. The fraction of sp³-hybridized carbons (Fsp3) is 0. The van der Waals surface area contributed by atoms with Crippen molar-refractivity contribution in [1.29, 1.82) is 0 Å². The number of hydrogen-bond donors (Lipinski definition) is 0. The van der Waals surface area contributed by atoms with Crippen molar-refractivity contribution in [3.63, 3.8) is 0 Å². The van der Waals surface area contributed by atoms with E-state index >= 15 is 0 Å². The summed E-state index contributed by atoms with van der Waals surface area (Å²) in [6.45, 7) is 0. The molecule has 0 aliphatic carbocycles. The molecule has 0 radical (unpaired) electrons. The molecule has 0 rings (SSSR count). The van der Waals surface area contributed by atoms with Gasteiger partial charge in [0.15, 0.2) is 0 Å². The molecule has 0 spiro atoms. The Balaban J connectivity index is -0.00000000450. The van der Waals surface area contributed by atoms with Gasteiger partial charge in [-0.25, -0.2) is 0 Å². The molecule has 8 heteroatoms. The van der Waals surface area contributed by atoms with Gasteiger partial charge in [-0.1, -0.05) is 0 Å². The quantitative estimate of drug-likeness (QED) is 0.409. The molecule has 0 aromatic heterocycles. The third kappa shape index (κ3) is 65.9. The first-order valence-corrected chi connectivity index (χ1v) is 0.612. The molecule has 0 aromatic carbocycles. The molecule has 0 bridgehead atoms. The van der Waals surface area contributed by atoms with E-state index in [1.165, 1.54) is 0 Å². The minimum Gasteiger partial charge on any atom is -1.00 e. The van der Waals surface area contributed by atoms with Crippen molar-refractivity contribution in [2.75, 3.05) is 0 Å². The second-order valence-electron chi connectivity index (χ2n) is 0.250. The summed E-state index contributed by atoms with van der Waals surface area (Å²) in [6.07, 6.45) is -2.33. The first-order valence-electron chi connectivity index (χ1n) is 0.612. The van der Waals surface area contributed by atoms with Gasteiger partial charge in [0.05, 0.1) is 0 Å². The summed E-state index contributed by atoms with van der Waals surface area (Å²) >= 11 is 0. The third-order valence-electron chi connectivity index (χ3n) is 0. The Morgan fingerprint density at radius 1 is 1.00 bits per heavy atom. The fourth-order valence-corrected chi connectivity index (χ4v) is 0. The number of carboxylic acid groups (broad SMARTS) is 2. The molecule has 0 aromatic rings. The molecule has 0 N–H and O–H groups in total. The average molecular weight is 346 g/mol. The van der Waals surface area contributed by atoms with Crippen LogP contribution in [-0.2, 0) is 0 Å². The first-order chi connectivity index (χ1) is 1.73. The van der Waals surface area contributed by atoms with E-state index in [9.17, 15) is 0 Å². The molecule has 0 saturated carbocycles. The van der Waals surface area contributed by atoms with Gasteiger partial charge >= 0.3 is 152 Å². The van der Waals surface area contributed by atoms with Gasteiger partial charge in [0.25, 0.3) is 0 Å². The second kappa shape index (κ2) is 29.3. The van der Waals surface area contributed by atoms with Crippen LogP contribution in [0.1, 0.15) is 0 Å². The van der Waals surface area contributed by atoms with E-state index in [1.807, 2.05) is 0 Å². The van der Waals surface area contributed by atoms with Gasteiger partial charge in [0.2, 0.25) is 0 Å². The molecular weight excluding hydrogens is 346 g/mol. The molecular formula is CBaCl2K2O3. The maximum atomic E-state index is 8.33. The topological polar surface area (TPSA) is 63.2 Å². The van der Waals surface area contributed by atoms with Crippen LogP contribution in [0.3, 0.4) is 0 Å². The largest absolute Gasteiger partial charge is 2.00 e. The van der Waals surface area contributed by atoms with Crippen LogP contribution in [0.4, 0.5) is 4.79 Å². The Hall–Kier alpha value is 4.69. The molecule has 0 heterocycles. The van der Waals surface area contributed by atoms with Crippen molar-refractivity contribution in [2.45, 2.75) is 0 Å². The van der Waals surface area contributed by atoms with Crippen molar-refractivity contribution in [1.82, 2.24) is 0 Å². The van der Waals surface area contributed by atoms with Crippen LogP contribution in [0, 0.1) is 0 Å². The van der Waals surface area contributed by atoms with E-state index in [2.05, 4.69) is 0 Å². The summed E-state index contributed by atoms with van der Waals surface area (Å²) in [5.74, 6) is 0. The zero-order valence-electron chi connectivity index (χ0n) is 5.19. The van der Waals surface area contributed by atoms with Gasteiger partial charge in [-0.15, -0.1) is 0 Å². The molecule has 0 fully saturated rings. The molecule has 0 aliphatic heterocycles. The Kier molecular flexibility index (Phi) is 121. The normalized spacial score (nSPS) is 2.67. The second-order valence-corrected chi connectivity index (χ2v) is 0.250. The van der Waals surface area contributed by atoms with Crippen LogP contribution < -0.4 is 138 Å².